The summed E-state index contributed by atoms with van der Waals surface area (Å²) in [5.74, 6) is -1.81. The summed E-state index contributed by atoms with van der Waals surface area (Å²) in [5.41, 5.74) is 1.18. The maximum Gasteiger partial charge on any atom is 0.344 e. The van der Waals surface area contributed by atoms with Crippen molar-refractivity contribution in [3.05, 3.63) is 65.2 Å². The summed E-state index contributed by atoms with van der Waals surface area (Å²) in [6, 6.07) is 14.4. The van der Waals surface area contributed by atoms with Crippen LogP contribution in [0.15, 0.2) is 48.5 Å². The number of hydrogen-bond acceptors (Lipinski definition) is 8. The van der Waals surface area contributed by atoms with Gasteiger partial charge in [0.15, 0.2) is 18.2 Å². The number of nitriles is 1. The lowest BCUT2D eigenvalue weighted by Crippen LogP contribution is -2.21. The SMILES string of the molecule is CCOC(=O)COc1ccc(C(=O)C(CCOC(C)=O)CC(=O)c2ccc(C#N)cc2)cc1. The van der Waals surface area contributed by atoms with Crippen LogP contribution in [0.25, 0.3) is 0 Å². The van der Waals surface area contributed by atoms with E-state index in [4.69, 9.17) is 19.5 Å². The molecule has 172 valence electrons. The molecule has 2 rings (SSSR count). The molecule has 0 aromatic heterocycles. The number of carbonyl (C=O) groups excluding carboxylic acids is 4. The van der Waals surface area contributed by atoms with Gasteiger partial charge in [0.1, 0.15) is 5.75 Å². The molecule has 8 nitrogen and oxygen atoms in total. The van der Waals surface area contributed by atoms with Crippen LogP contribution in [-0.2, 0) is 19.1 Å². The van der Waals surface area contributed by atoms with E-state index in [0.717, 1.165) is 0 Å². The lowest BCUT2D eigenvalue weighted by molar-refractivity contribution is -0.145. The zero-order chi connectivity index (χ0) is 24.2. The average molecular weight is 451 g/mol. The largest absolute Gasteiger partial charge is 0.482 e. The van der Waals surface area contributed by atoms with Crippen molar-refractivity contribution in [2.45, 2.75) is 26.7 Å². The third-order valence-electron chi connectivity index (χ3n) is 4.71. The van der Waals surface area contributed by atoms with Gasteiger partial charge >= 0.3 is 11.9 Å². The maximum atomic E-state index is 13.1. The first-order valence-corrected chi connectivity index (χ1v) is 10.4. The second kappa shape index (κ2) is 12.8. The highest BCUT2D eigenvalue weighted by Gasteiger charge is 2.24. The minimum absolute atomic E-state index is 0.00707. The lowest BCUT2D eigenvalue weighted by atomic mass is 9.88. The fourth-order valence-electron chi connectivity index (χ4n) is 3.04. The first-order valence-electron chi connectivity index (χ1n) is 10.4. The van der Waals surface area contributed by atoms with E-state index in [-0.39, 0.29) is 44.2 Å². The summed E-state index contributed by atoms with van der Waals surface area (Å²) in [5, 5.41) is 8.90. The van der Waals surface area contributed by atoms with Gasteiger partial charge in [-0.25, -0.2) is 4.79 Å². The number of ether oxygens (including phenoxy) is 3. The normalized spacial score (nSPS) is 11.1. The number of ketones is 2. The molecule has 0 spiro atoms. The highest BCUT2D eigenvalue weighted by molar-refractivity contribution is 6.03. The van der Waals surface area contributed by atoms with Crippen molar-refractivity contribution >= 4 is 23.5 Å². The standard InChI is InChI=1S/C25H25NO7/c1-3-31-24(29)16-33-22-10-8-20(9-11-22)25(30)21(12-13-32-17(2)27)14-23(28)19-6-4-18(15-26)5-7-19/h4-11,21H,3,12-14,16H2,1-2H3. The molecule has 0 radical (unpaired) electrons. The van der Waals surface area contributed by atoms with Crippen molar-refractivity contribution in [1.82, 2.24) is 0 Å². The molecule has 0 saturated carbocycles. The van der Waals surface area contributed by atoms with Gasteiger partial charge in [-0.15, -0.1) is 0 Å². The topological polar surface area (TPSA) is 120 Å². The Morgan fingerprint density at radius 1 is 0.939 bits per heavy atom. The molecular formula is C25H25NO7. The molecule has 0 amide bonds. The second-order valence-electron chi connectivity index (χ2n) is 7.12. The predicted molar refractivity (Wildman–Crippen MR) is 118 cm³/mol. The van der Waals surface area contributed by atoms with Gasteiger partial charge in [-0.2, -0.15) is 5.26 Å². The number of benzene rings is 2. The molecule has 1 atom stereocenters. The van der Waals surface area contributed by atoms with Gasteiger partial charge in [0.2, 0.25) is 0 Å². The Hall–Kier alpha value is -3.99. The number of Topliss-reactive ketones (excluding diaryl/α,β-unsaturated/α-hetero) is 2. The molecule has 0 aliphatic heterocycles. The predicted octanol–water partition coefficient (Wildman–Crippen LogP) is 3.53. The Labute approximate surface area is 192 Å². The van der Waals surface area contributed by atoms with Crippen molar-refractivity contribution in [3.63, 3.8) is 0 Å². The van der Waals surface area contributed by atoms with E-state index in [0.29, 0.717) is 22.4 Å². The summed E-state index contributed by atoms with van der Waals surface area (Å²) in [6.45, 7) is 2.99. The summed E-state index contributed by atoms with van der Waals surface area (Å²) in [7, 11) is 0. The molecule has 0 aliphatic rings. The minimum Gasteiger partial charge on any atom is -0.482 e. The Balaban J connectivity index is 2.10. The Kier molecular flexibility index (Phi) is 9.78. The zero-order valence-corrected chi connectivity index (χ0v) is 18.5. The molecule has 8 heteroatoms. The van der Waals surface area contributed by atoms with E-state index in [2.05, 4.69) is 0 Å². The van der Waals surface area contributed by atoms with Crippen LogP contribution in [0.3, 0.4) is 0 Å². The highest BCUT2D eigenvalue weighted by atomic mass is 16.6. The Bertz CT molecular complexity index is 1020. The number of hydrogen-bond donors (Lipinski definition) is 0. The minimum atomic E-state index is -0.709. The van der Waals surface area contributed by atoms with Crippen molar-refractivity contribution in [1.29, 1.82) is 5.26 Å². The third kappa shape index (κ3) is 8.22. The van der Waals surface area contributed by atoms with Gasteiger partial charge in [-0.3, -0.25) is 14.4 Å². The molecule has 0 bridgehead atoms. The molecule has 1 unspecified atom stereocenters. The van der Waals surface area contributed by atoms with Crippen molar-refractivity contribution in [2.75, 3.05) is 19.8 Å². The van der Waals surface area contributed by atoms with Crippen molar-refractivity contribution < 1.29 is 33.4 Å². The quantitative estimate of drug-likeness (QED) is 0.355. The molecule has 33 heavy (non-hydrogen) atoms. The lowest BCUT2D eigenvalue weighted by Gasteiger charge is -2.16. The van der Waals surface area contributed by atoms with Crippen molar-refractivity contribution in [2.24, 2.45) is 5.92 Å². The van der Waals surface area contributed by atoms with Gasteiger partial charge in [-0.05, 0) is 49.7 Å². The van der Waals surface area contributed by atoms with Crippen LogP contribution < -0.4 is 4.74 Å². The van der Waals surface area contributed by atoms with E-state index in [1.807, 2.05) is 6.07 Å². The molecule has 2 aromatic carbocycles. The molecule has 0 heterocycles. The molecule has 2 aromatic rings. The first-order chi connectivity index (χ1) is 15.8. The smallest absolute Gasteiger partial charge is 0.344 e. The molecule has 0 aliphatic carbocycles. The number of nitrogens with zero attached hydrogens (tertiary/aromatic N) is 1. The van der Waals surface area contributed by atoms with Crippen LogP contribution in [-0.4, -0.2) is 43.3 Å². The molecular weight excluding hydrogens is 426 g/mol. The average Bonchev–Trinajstić information content (AvgIpc) is 2.82. The highest BCUT2D eigenvalue weighted by Crippen LogP contribution is 2.22. The fraction of sp³-hybridized carbons (Fsp3) is 0.320. The number of esters is 2. The van der Waals surface area contributed by atoms with Gasteiger partial charge in [0, 0.05) is 30.4 Å². The van der Waals surface area contributed by atoms with Crippen molar-refractivity contribution in [3.8, 4) is 11.8 Å². The molecule has 0 N–H and O–H groups in total. The van der Waals surface area contributed by atoms with E-state index >= 15 is 0 Å². The van der Waals surface area contributed by atoms with Crippen LogP contribution in [0.1, 0.15) is 53.0 Å². The summed E-state index contributed by atoms with van der Waals surface area (Å²) < 4.78 is 15.1. The molecule has 0 saturated heterocycles. The van der Waals surface area contributed by atoms with E-state index < -0.39 is 17.9 Å². The van der Waals surface area contributed by atoms with Crippen LogP contribution in [0.2, 0.25) is 0 Å². The maximum absolute atomic E-state index is 13.1. The van der Waals surface area contributed by atoms with Gasteiger partial charge in [0.05, 0.1) is 24.8 Å². The van der Waals surface area contributed by atoms with E-state index in [1.165, 1.54) is 19.1 Å². The first kappa shape index (κ1) is 25.3. The van der Waals surface area contributed by atoms with Crippen LogP contribution >= 0.6 is 0 Å². The summed E-state index contributed by atoms with van der Waals surface area (Å²) in [6.07, 6.45) is 0.106. The Morgan fingerprint density at radius 2 is 1.58 bits per heavy atom. The Morgan fingerprint density at radius 3 is 2.15 bits per heavy atom. The summed E-state index contributed by atoms with van der Waals surface area (Å²) >= 11 is 0. The van der Waals surface area contributed by atoms with E-state index in [9.17, 15) is 19.2 Å². The van der Waals surface area contributed by atoms with Crippen LogP contribution in [0.4, 0.5) is 0 Å². The van der Waals surface area contributed by atoms with Gasteiger partial charge < -0.3 is 14.2 Å². The summed E-state index contributed by atoms with van der Waals surface area (Å²) in [4.78, 5) is 48.3. The monoisotopic (exact) mass is 451 g/mol. The van der Waals surface area contributed by atoms with E-state index in [1.54, 1.807) is 43.3 Å². The van der Waals surface area contributed by atoms with Crippen LogP contribution in [0, 0.1) is 17.2 Å². The zero-order valence-electron chi connectivity index (χ0n) is 18.5. The number of rotatable bonds is 12. The van der Waals surface area contributed by atoms with Gasteiger partial charge in [-0.1, -0.05) is 12.1 Å². The molecule has 0 fully saturated rings. The van der Waals surface area contributed by atoms with Crippen LogP contribution in [0.5, 0.6) is 5.75 Å². The third-order valence-corrected chi connectivity index (χ3v) is 4.71. The number of carbonyl (C=O) groups is 4. The second-order valence-corrected chi connectivity index (χ2v) is 7.12. The van der Waals surface area contributed by atoms with Gasteiger partial charge in [0.25, 0.3) is 0 Å². The fourth-order valence-corrected chi connectivity index (χ4v) is 3.04.